The van der Waals surface area contributed by atoms with Gasteiger partial charge in [0.15, 0.2) is 0 Å². The highest BCUT2D eigenvalue weighted by Gasteiger charge is 2.01. The van der Waals surface area contributed by atoms with E-state index in [-0.39, 0.29) is 0 Å². The monoisotopic (exact) mass is 299 g/mol. The van der Waals surface area contributed by atoms with Crippen molar-refractivity contribution >= 4 is 27.3 Å². The Labute approximate surface area is 108 Å². The van der Waals surface area contributed by atoms with Crippen molar-refractivity contribution in [3.05, 3.63) is 38.8 Å². The van der Waals surface area contributed by atoms with Crippen LogP contribution >= 0.6 is 27.3 Å². The molecule has 0 saturated heterocycles. The highest BCUT2D eigenvalue weighted by atomic mass is 79.9. The molecule has 2 heterocycles. The fourth-order valence-electron chi connectivity index (χ4n) is 1.44. The second-order valence-corrected chi connectivity index (χ2v) is 5.76. The molecule has 0 aromatic carbocycles. The van der Waals surface area contributed by atoms with E-state index in [9.17, 15) is 0 Å². The molecule has 0 amide bonds. The second-order valence-electron chi connectivity index (χ2n) is 3.56. The first kappa shape index (κ1) is 11.8. The maximum absolute atomic E-state index is 4.15. The van der Waals surface area contributed by atoms with Gasteiger partial charge in [0, 0.05) is 39.7 Å². The topological polar surface area (TPSA) is 29.9 Å². The van der Waals surface area contributed by atoms with Crippen LogP contribution in [0.4, 0.5) is 0 Å². The van der Waals surface area contributed by atoms with Gasteiger partial charge in [0.2, 0.25) is 0 Å². The summed E-state index contributed by atoms with van der Waals surface area (Å²) in [6.07, 6.45) is 3.79. The van der Waals surface area contributed by atoms with E-state index in [4.69, 9.17) is 0 Å². The summed E-state index contributed by atoms with van der Waals surface area (Å²) in [5.41, 5.74) is 0. The first-order valence-electron chi connectivity index (χ1n) is 5.18. The van der Waals surface area contributed by atoms with Crippen molar-refractivity contribution in [2.24, 2.45) is 0 Å². The van der Waals surface area contributed by atoms with Crippen molar-refractivity contribution < 1.29 is 0 Å². The lowest BCUT2D eigenvalue weighted by atomic mass is 10.4. The average Bonchev–Trinajstić information content (AvgIpc) is 2.85. The predicted molar refractivity (Wildman–Crippen MR) is 70.7 cm³/mol. The van der Waals surface area contributed by atoms with E-state index in [1.165, 1.54) is 14.2 Å². The molecule has 1 N–H and O–H groups in total. The van der Waals surface area contributed by atoms with E-state index in [0.717, 1.165) is 19.6 Å². The zero-order chi connectivity index (χ0) is 11.4. The third-order valence-electron chi connectivity index (χ3n) is 2.28. The average molecular weight is 300 g/mol. The predicted octanol–water partition coefficient (Wildman–Crippen LogP) is 2.81. The van der Waals surface area contributed by atoms with E-state index in [1.54, 1.807) is 6.20 Å². The highest BCUT2D eigenvalue weighted by molar-refractivity contribution is 9.10. The van der Waals surface area contributed by atoms with Crippen LogP contribution in [0.3, 0.4) is 0 Å². The Morgan fingerprint density at radius 1 is 1.56 bits per heavy atom. The van der Waals surface area contributed by atoms with Gasteiger partial charge in [-0.15, -0.1) is 11.3 Å². The molecule has 2 aromatic rings. The van der Waals surface area contributed by atoms with Gasteiger partial charge in [-0.2, -0.15) is 5.10 Å². The molecule has 0 spiro atoms. The first-order valence-corrected chi connectivity index (χ1v) is 6.79. The highest BCUT2D eigenvalue weighted by Crippen LogP contribution is 2.25. The summed E-state index contributed by atoms with van der Waals surface area (Å²) < 4.78 is 3.14. The Kier molecular flexibility index (Phi) is 4.15. The molecule has 0 aliphatic carbocycles. The van der Waals surface area contributed by atoms with Crippen LogP contribution in [-0.4, -0.2) is 16.3 Å². The smallest absolute Gasteiger partial charge is 0.0534 e. The number of nitrogens with zero attached hydrogens (tertiary/aromatic N) is 2. The maximum atomic E-state index is 4.15. The Bertz CT molecular complexity index is 417. The number of rotatable bonds is 5. The number of aromatic nitrogens is 2. The first-order chi connectivity index (χ1) is 7.75. The van der Waals surface area contributed by atoms with Gasteiger partial charge in [0.05, 0.1) is 6.54 Å². The molecular weight excluding hydrogens is 286 g/mol. The fraction of sp³-hybridized carbons (Fsp3) is 0.364. The van der Waals surface area contributed by atoms with Gasteiger partial charge in [0.25, 0.3) is 0 Å². The van der Waals surface area contributed by atoms with Crippen LogP contribution in [0.5, 0.6) is 0 Å². The molecule has 0 aliphatic rings. The molecule has 0 fully saturated rings. The van der Waals surface area contributed by atoms with Crippen LogP contribution in [-0.2, 0) is 13.1 Å². The largest absolute Gasteiger partial charge is 0.310 e. The van der Waals surface area contributed by atoms with Crippen LogP contribution in [0, 0.1) is 6.92 Å². The summed E-state index contributed by atoms with van der Waals surface area (Å²) in [6.45, 7) is 4.91. The van der Waals surface area contributed by atoms with E-state index in [1.807, 2.05) is 28.3 Å². The molecule has 3 nitrogen and oxygen atoms in total. The summed E-state index contributed by atoms with van der Waals surface area (Å²) in [5, 5.41) is 7.56. The number of nitrogens with one attached hydrogen (secondary N) is 1. The van der Waals surface area contributed by atoms with Gasteiger partial charge in [-0.25, -0.2) is 0 Å². The molecule has 0 radical (unpaired) electrons. The SMILES string of the molecule is Cc1sc(CNCCn2cccn2)cc1Br. The Morgan fingerprint density at radius 2 is 2.44 bits per heavy atom. The van der Waals surface area contributed by atoms with Crippen molar-refractivity contribution in [2.45, 2.75) is 20.0 Å². The van der Waals surface area contributed by atoms with Crippen LogP contribution in [0.2, 0.25) is 0 Å². The lowest BCUT2D eigenvalue weighted by Gasteiger charge is -2.03. The molecule has 2 rings (SSSR count). The van der Waals surface area contributed by atoms with E-state index in [0.29, 0.717) is 0 Å². The van der Waals surface area contributed by atoms with Crippen molar-refractivity contribution in [3.63, 3.8) is 0 Å². The number of thiophene rings is 1. The van der Waals surface area contributed by atoms with E-state index >= 15 is 0 Å². The minimum Gasteiger partial charge on any atom is -0.310 e. The summed E-state index contributed by atoms with van der Waals surface area (Å²) in [6, 6.07) is 4.13. The number of hydrogen-bond donors (Lipinski definition) is 1. The molecule has 0 aliphatic heterocycles. The molecule has 86 valence electrons. The van der Waals surface area contributed by atoms with Crippen molar-refractivity contribution in [3.8, 4) is 0 Å². The summed E-state index contributed by atoms with van der Waals surface area (Å²) in [4.78, 5) is 2.70. The van der Waals surface area contributed by atoms with Crippen LogP contribution in [0.25, 0.3) is 0 Å². The minimum absolute atomic E-state index is 0.915. The Morgan fingerprint density at radius 3 is 3.06 bits per heavy atom. The number of aryl methyl sites for hydroxylation is 1. The van der Waals surface area contributed by atoms with Gasteiger partial charge < -0.3 is 5.32 Å². The van der Waals surface area contributed by atoms with Crippen molar-refractivity contribution in [2.75, 3.05) is 6.54 Å². The lowest BCUT2D eigenvalue weighted by molar-refractivity contribution is 0.557. The molecule has 0 unspecified atom stereocenters. The summed E-state index contributed by atoms with van der Waals surface area (Å²) >= 11 is 5.36. The van der Waals surface area contributed by atoms with Crippen LogP contribution in [0.15, 0.2) is 29.0 Å². The molecule has 5 heteroatoms. The minimum atomic E-state index is 0.915. The zero-order valence-corrected chi connectivity index (χ0v) is 11.5. The molecule has 0 saturated carbocycles. The van der Waals surface area contributed by atoms with Gasteiger partial charge in [-0.1, -0.05) is 0 Å². The Balaban J connectivity index is 1.72. The van der Waals surface area contributed by atoms with Crippen LogP contribution in [0.1, 0.15) is 9.75 Å². The normalized spacial score (nSPS) is 10.9. The third kappa shape index (κ3) is 3.17. The van der Waals surface area contributed by atoms with Gasteiger partial charge in [-0.05, 0) is 35.0 Å². The molecule has 2 aromatic heterocycles. The number of hydrogen-bond acceptors (Lipinski definition) is 3. The molecule has 0 bridgehead atoms. The van der Waals surface area contributed by atoms with Crippen molar-refractivity contribution in [1.82, 2.24) is 15.1 Å². The lowest BCUT2D eigenvalue weighted by Crippen LogP contribution is -2.19. The van der Waals surface area contributed by atoms with Crippen molar-refractivity contribution in [1.29, 1.82) is 0 Å². The van der Waals surface area contributed by atoms with E-state index in [2.05, 4.69) is 39.3 Å². The van der Waals surface area contributed by atoms with Gasteiger partial charge in [-0.3, -0.25) is 4.68 Å². The third-order valence-corrected chi connectivity index (χ3v) is 4.42. The quantitative estimate of drug-likeness (QED) is 0.861. The fourth-order valence-corrected chi connectivity index (χ4v) is 3.01. The molecule has 0 atom stereocenters. The zero-order valence-electron chi connectivity index (χ0n) is 9.11. The van der Waals surface area contributed by atoms with Crippen LogP contribution < -0.4 is 5.32 Å². The van der Waals surface area contributed by atoms with Gasteiger partial charge >= 0.3 is 0 Å². The standard InChI is InChI=1S/C11H14BrN3S/c1-9-11(12)7-10(16-9)8-13-4-6-15-5-2-3-14-15/h2-3,5,7,13H,4,6,8H2,1H3. The maximum Gasteiger partial charge on any atom is 0.0534 e. The second kappa shape index (κ2) is 5.61. The number of halogens is 1. The van der Waals surface area contributed by atoms with Gasteiger partial charge in [0.1, 0.15) is 0 Å². The molecule has 16 heavy (non-hydrogen) atoms. The Hall–Kier alpha value is -0.650. The summed E-state index contributed by atoms with van der Waals surface area (Å²) in [5.74, 6) is 0. The van der Waals surface area contributed by atoms with E-state index < -0.39 is 0 Å². The summed E-state index contributed by atoms with van der Waals surface area (Å²) in [7, 11) is 0. The molecular formula is C11H14BrN3S.